The van der Waals surface area contributed by atoms with Gasteiger partial charge in [-0.3, -0.25) is 9.78 Å². The van der Waals surface area contributed by atoms with Crippen LogP contribution in [0.3, 0.4) is 0 Å². The maximum absolute atomic E-state index is 12.2. The molecule has 0 unspecified atom stereocenters. The molecule has 6 nitrogen and oxygen atoms in total. The van der Waals surface area contributed by atoms with Gasteiger partial charge >= 0.3 is 5.97 Å². The maximum atomic E-state index is 12.2. The summed E-state index contributed by atoms with van der Waals surface area (Å²) in [7, 11) is 0. The molecule has 1 aliphatic heterocycles. The van der Waals surface area contributed by atoms with Gasteiger partial charge in [0.15, 0.2) is 0 Å². The van der Waals surface area contributed by atoms with Crippen LogP contribution in [0.1, 0.15) is 15.9 Å². The first-order chi connectivity index (χ1) is 9.16. The summed E-state index contributed by atoms with van der Waals surface area (Å²) in [5.41, 5.74) is 1.04. The van der Waals surface area contributed by atoms with E-state index in [9.17, 15) is 9.59 Å². The molecule has 1 aliphatic rings. The van der Waals surface area contributed by atoms with Gasteiger partial charge in [0.25, 0.3) is 5.91 Å². The molecule has 1 aromatic heterocycles. The minimum Gasteiger partial charge on any atom is -0.478 e. The number of nitrogens with zero attached hydrogens (tertiary/aromatic N) is 2. The first-order valence-corrected chi connectivity index (χ1v) is 5.90. The Balaban J connectivity index is 2.13. The molecule has 100 valence electrons. The number of aliphatic carboxylic acids is 1. The zero-order chi connectivity index (χ0) is 13.7. The number of carboxylic acids is 1. The van der Waals surface area contributed by atoms with Crippen molar-refractivity contribution in [2.75, 3.05) is 26.3 Å². The van der Waals surface area contributed by atoms with Crippen LogP contribution in [0.4, 0.5) is 0 Å². The van der Waals surface area contributed by atoms with Gasteiger partial charge in [0.05, 0.1) is 18.8 Å². The van der Waals surface area contributed by atoms with E-state index in [1.165, 1.54) is 18.5 Å². The van der Waals surface area contributed by atoms with Crippen LogP contribution in [0, 0.1) is 0 Å². The fourth-order valence-corrected chi connectivity index (χ4v) is 1.78. The van der Waals surface area contributed by atoms with Crippen LogP contribution in [-0.2, 0) is 9.53 Å². The standard InChI is InChI=1S/C13H14N2O4/c16-12(17)2-1-10-7-11(9-14-8-10)13(18)15-3-5-19-6-4-15/h1-2,7-9H,3-6H2,(H,16,17). The zero-order valence-electron chi connectivity index (χ0n) is 10.3. The molecule has 0 atom stereocenters. The van der Waals surface area contributed by atoms with E-state index < -0.39 is 5.97 Å². The topological polar surface area (TPSA) is 79.7 Å². The van der Waals surface area contributed by atoms with Crippen LogP contribution >= 0.6 is 0 Å². The molecular formula is C13H14N2O4. The summed E-state index contributed by atoms with van der Waals surface area (Å²) < 4.78 is 5.19. The maximum Gasteiger partial charge on any atom is 0.328 e. The van der Waals surface area contributed by atoms with E-state index in [2.05, 4.69) is 4.98 Å². The summed E-state index contributed by atoms with van der Waals surface area (Å²) in [6.07, 6.45) is 5.41. The number of carbonyl (C=O) groups is 2. The lowest BCUT2D eigenvalue weighted by Gasteiger charge is -2.26. The lowest BCUT2D eigenvalue weighted by atomic mass is 10.1. The summed E-state index contributed by atoms with van der Waals surface area (Å²) in [4.78, 5) is 28.3. The number of amides is 1. The summed E-state index contributed by atoms with van der Waals surface area (Å²) in [5.74, 6) is -1.15. The summed E-state index contributed by atoms with van der Waals surface area (Å²) in [6.45, 7) is 2.21. The molecule has 2 rings (SSSR count). The first-order valence-electron chi connectivity index (χ1n) is 5.90. The van der Waals surface area contributed by atoms with E-state index in [4.69, 9.17) is 9.84 Å². The van der Waals surface area contributed by atoms with Crippen LogP contribution < -0.4 is 0 Å². The third kappa shape index (κ3) is 3.62. The molecule has 0 aliphatic carbocycles. The molecule has 0 spiro atoms. The number of carboxylic acid groups (broad SMARTS) is 1. The Kier molecular flexibility index (Phi) is 4.25. The van der Waals surface area contributed by atoms with Crippen LogP contribution in [0.15, 0.2) is 24.5 Å². The lowest BCUT2D eigenvalue weighted by molar-refractivity contribution is -0.131. The Morgan fingerprint density at radius 2 is 2.05 bits per heavy atom. The normalized spacial score (nSPS) is 15.7. The van der Waals surface area contributed by atoms with Crippen molar-refractivity contribution in [1.29, 1.82) is 0 Å². The smallest absolute Gasteiger partial charge is 0.328 e. The molecule has 0 saturated carbocycles. The predicted octanol–water partition coefficient (Wildman–Crippen LogP) is 0.652. The second-order valence-corrected chi connectivity index (χ2v) is 4.08. The first kappa shape index (κ1) is 13.2. The highest BCUT2D eigenvalue weighted by Gasteiger charge is 2.18. The molecule has 19 heavy (non-hydrogen) atoms. The van der Waals surface area contributed by atoms with Crippen molar-refractivity contribution in [3.63, 3.8) is 0 Å². The molecule has 0 radical (unpaired) electrons. The number of ether oxygens (including phenoxy) is 1. The van der Waals surface area contributed by atoms with E-state index in [-0.39, 0.29) is 5.91 Å². The largest absolute Gasteiger partial charge is 0.478 e. The van der Waals surface area contributed by atoms with Crippen LogP contribution in [-0.4, -0.2) is 53.2 Å². The molecular weight excluding hydrogens is 248 g/mol. The highest BCUT2D eigenvalue weighted by Crippen LogP contribution is 2.09. The molecule has 1 amide bonds. The van der Waals surface area contributed by atoms with Gasteiger partial charge in [-0.1, -0.05) is 0 Å². The Morgan fingerprint density at radius 1 is 1.32 bits per heavy atom. The molecule has 2 heterocycles. The van der Waals surface area contributed by atoms with Crippen molar-refractivity contribution in [1.82, 2.24) is 9.88 Å². The quantitative estimate of drug-likeness (QED) is 0.809. The number of rotatable bonds is 3. The SMILES string of the molecule is O=C(O)C=Cc1cncc(C(=O)N2CCOCC2)c1. The number of carbonyl (C=O) groups excluding carboxylic acids is 1. The summed E-state index contributed by atoms with van der Waals surface area (Å²) >= 11 is 0. The van der Waals surface area contributed by atoms with E-state index in [0.717, 1.165) is 6.08 Å². The third-order valence-electron chi connectivity index (χ3n) is 2.72. The van der Waals surface area contributed by atoms with E-state index in [0.29, 0.717) is 37.4 Å². The van der Waals surface area contributed by atoms with Gasteiger partial charge in [0.1, 0.15) is 0 Å². The van der Waals surface area contributed by atoms with Crippen molar-refractivity contribution >= 4 is 18.0 Å². The van der Waals surface area contributed by atoms with Crippen molar-refractivity contribution in [3.8, 4) is 0 Å². The number of aromatic nitrogens is 1. The van der Waals surface area contributed by atoms with Gasteiger partial charge < -0.3 is 14.7 Å². The van der Waals surface area contributed by atoms with Crippen molar-refractivity contribution < 1.29 is 19.4 Å². The summed E-state index contributed by atoms with van der Waals surface area (Å²) in [6, 6.07) is 1.63. The fraction of sp³-hybridized carbons (Fsp3) is 0.308. The molecule has 1 aromatic rings. The Hall–Kier alpha value is -2.21. The number of hydrogen-bond donors (Lipinski definition) is 1. The average molecular weight is 262 g/mol. The number of hydrogen-bond acceptors (Lipinski definition) is 4. The van der Waals surface area contributed by atoms with E-state index in [1.807, 2.05) is 0 Å². The van der Waals surface area contributed by atoms with Crippen molar-refractivity contribution in [2.24, 2.45) is 0 Å². The van der Waals surface area contributed by atoms with Gasteiger partial charge in [-0.2, -0.15) is 0 Å². The van der Waals surface area contributed by atoms with Gasteiger partial charge in [-0.25, -0.2) is 4.79 Å². The van der Waals surface area contributed by atoms with E-state index in [1.54, 1.807) is 11.0 Å². The Morgan fingerprint density at radius 3 is 2.74 bits per heavy atom. The van der Waals surface area contributed by atoms with Gasteiger partial charge in [-0.15, -0.1) is 0 Å². The summed E-state index contributed by atoms with van der Waals surface area (Å²) in [5, 5.41) is 8.56. The monoisotopic (exact) mass is 262 g/mol. The van der Waals surface area contributed by atoms with Crippen LogP contribution in [0.2, 0.25) is 0 Å². The second-order valence-electron chi connectivity index (χ2n) is 4.08. The number of morpholine rings is 1. The molecule has 1 fully saturated rings. The molecule has 0 aromatic carbocycles. The Bertz CT molecular complexity index is 507. The zero-order valence-corrected chi connectivity index (χ0v) is 10.3. The van der Waals surface area contributed by atoms with Crippen LogP contribution in [0.5, 0.6) is 0 Å². The molecule has 6 heteroatoms. The van der Waals surface area contributed by atoms with Gasteiger partial charge in [-0.05, 0) is 17.7 Å². The van der Waals surface area contributed by atoms with Crippen LogP contribution in [0.25, 0.3) is 6.08 Å². The molecule has 0 bridgehead atoms. The second kappa shape index (κ2) is 6.10. The third-order valence-corrected chi connectivity index (χ3v) is 2.72. The van der Waals surface area contributed by atoms with Crippen molar-refractivity contribution in [3.05, 3.63) is 35.7 Å². The van der Waals surface area contributed by atoms with Crippen molar-refractivity contribution in [2.45, 2.75) is 0 Å². The van der Waals surface area contributed by atoms with Gasteiger partial charge in [0, 0.05) is 31.6 Å². The highest BCUT2D eigenvalue weighted by atomic mass is 16.5. The Labute approximate surface area is 110 Å². The highest BCUT2D eigenvalue weighted by molar-refractivity contribution is 5.94. The minimum absolute atomic E-state index is 0.110. The van der Waals surface area contributed by atoms with E-state index >= 15 is 0 Å². The average Bonchev–Trinajstić information content (AvgIpc) is 2.45. The lowest BCUT2D eigenvalue weighted by Crippen LogP contribution is -2.40. The fourth-order valence-electron chi connectivity index (χ4n) is 1.78. The predicted molar refractivity (Wildman–Crippen MR) is 67.6 cm³/mol. The van der Waals surface area contributed by atoms with Gasteiger partial charge in [0.2, 0.25) is 0 Å². The molecule has 1 saturated heterocycles. The molecule has 1 N–H and O–H groups in total. The number of pyridine rings is 1. The minimum atomic E-state index is -1.04.